The topological polar surface area (TPSA) is 113 Å². The number of halogens is 1. The van der Waals surface area contributed by atoms with Crippen molar-refractivity contribution in [2.75, 3.05) is 65.3 Å². The zero-order chi connectivity index (χ0) is 20.4. The van der Waals surface area contributed by atoms with Crippen LogP contribution in [0.5, 0.6) is 0 Å². The Hall–Kier alpha value is -0.860. The Morgan fingerprint density at radius 1 is 1.21 bits per heavy atom. The Morgan fingerprint density at radius 2 is 1.90 bits per heavy atom. The first-order valence-corrected chi connectivity index (χ1v) is 11.6. The van der Waals surface area contributed by atoms with Gasteiger partial charge in [-0.15, -0.1) is 24.0 Å². The van der Waals surface area contributed by atoms with E-state index in [9.17, 15) is 13.2 Å². The van der Waals surface area contributed by atoms with Gasteiger partial charge < -0.3 is 24.6 Å². The molecule has 2 aliphatic heterocycles. The Labute approximate surface area is 190 Å². The molecule has 0 aromatic heterocycles. The third-order valence-corrected chi connectivity index (χ3v) is 6.12. The second kappa shape index (κ2) is 13.4. The Kier molecular flexibility index (Phi) is 12.1. The highest BCUT2D eigenvalue weighted by Gasteiger charge is 2.24. The van der Waals surface area contributed by atoms with E-state index < -0.39 is 10.0 Å². The molecule has 2 fully saturated rings. The van der Waals surface area contributed by atoms with Crippen molar-refractivity contribution in [3.8, 4) is 0 Å². The highest BCUT2D eigenvalue weighted by atomic mass is 127. The van der Waals surface area contributed by atoms with E-state index in [1.807, 2.05) is 4.90 Å². The van der Waals surface area contributed by atoms with Crippen LogP contribution >= 0.6 is 24.0 Å². The van der Waals surface area contributed by atoms with Crippen molar-refractivity contribution in [1.29, 1.82) is 0 Å². The molecule has 12 heteroatoms. The van der Waals surface area contributed by atoms with Crippen LogP contribution in [-0.4, -0.2) is 102 Å². The molecule has 0 aliphatic carbocycles. The fourth-order valence-electron chi connectivity index (χ4n) is 3.21. The lowest BCUT2D eigenvalue weighted by Crippen LogP contribution is -2.54. The fourth-order valence-corrected chi connectivity index (χ4v) is 4.16. The Morgan fingerprint density at radius 3 is 2.48 bits per heavy atom. The number of hydrogen-bond donors (Lipinski definition) is 2. The molecule has 0 bridgehead atoms. The van der Waals surface area contributed by atoms with E-state index in [1.165, 1.54) is 0 Å². The summed E-state index contributed by atoms with van der Waals surface area (Å²) in [6.45, 7) is 5.74. The number of piperazine rings is 1. The van der Waals surface area contributed by atoms with E-state index in [4.69, 9.17) is 9.47 Å². The Balaban J connectivity index is 0.00000420. The molecule has 10 nitrogen and oxygen atoms in total. The number of hydrogen-bond acceptors (Lipinski definition) is 6. The predicted octanol–water partition coefficient (Wildman–Crippen LogP) is 0.442. The molecule has 0 radical (unpaired) electrons. The first-order valence-electron chi connectivity index (χ1n) is 9.91. The van der Waals surface area contributed by atoms with Gasteiger partial charge in [-0.2, -0.15) is 0 Å². The molecule has 1 unspecified atom stereocenters. The average Bonchev–Trinajstić information content (AvgIpc) is 2.71. The van der Waals surface area contributed by atoms with Gasteiger partial charge in [0.2, 0.25) is 10.0 Å². The SMILES string of the molecule is CCOC(=O)N1CCN(C(=NC)NCCS(=O)(=O)NCC2CCCCO2)CC1.I. The maximum Gasteiger partial charge on any atom is 0.409 e. The summed E-state index contributed by atoms with van der Waals surface area (Å²) >= 11 is 0. The molecule has 2 heterocycles. The third-order valence-electron chi connectivity index (χ3n) is 4.78. The molecule has 170 valence electrons. The number of sulfonamides is 1. The van der Waals surface area contributed by atoms with Crippen LogP contribution in [0.4, 0.5) is 4.79 Å². The summed E-state index contributed by atoms with van der Waals surface area (Å²) in [6, 6.07) is 0. The molecular formula is C17H34IN5O5S. The molecule has 2 saturated heterocycles. The minimum atomic E-state index is -3.38. The lowest BCUT2D eigenvalue weighted by molar-refractivity contribution is 0.0200. The molecule has 1 atom stereocenters. The van der Waals surface area contributed by atoms with Gasteiger partial charge in [0.25, 0.3) is 0 Å². The van der Waals surface area contributed by atoms with Crippen molar-refractivity contribution in [1.82, 2.24) is 19.8 Å². The minimum absolute atomic E-state index is 0. The molecule has 0 saturated carbocycles. The standard InChI is InChI=1S/C17H33N5O5S.HI/c1-3-26-17(23)22-10-8-21(9-11-22)16(18-2)19-7-13-28(24,25)20-14-15-6-4-5-12-27-15;/h15,20H,3-14H2,1-2H3,(H,18,19);1H. The van der Waals surface area contributed by atoms with E-state index in [-0.39, 0.29) is 48.5 Å². The summed E-state index contributed by atoms with van der Waals surface area (Å²) in [5.41, 5.74) is 0. The second-order valence-electron chi connectivity index (χ2n) is 6.80. The van der Waals surface area contributed by atoms with Gasteiger partial charge in [0, 0.05) is 52.9 Å². The van der Waals surface area contributed by atoms with Gasteiger partial charge in [-0.25, -0.2) is 17.9 Å². The maximum atomic E-state index is 12.2. The van der Waals surface area contributed by atoms with Crippen LogP contribution in [0.3, 0.4) is 0 Å². The zero-order valence-electron chi connectivity index (χ0n) is 17.3. The number of nitrogens with zero attached hydrogens (tertiary/aromatic N) is 3. The molecule has 2 rings (SSSR count). The smallest absolute Gasteiger partial charge is 0.409 e. The van der Waals surface area contributed by atoms with E-state index in [0.717, 1.165) is 19.3 Å². The van der Waals surface area contributed by atoms with Crippen molar-refractivity contribution in [3.05, 3.63) is 0 Å². The van der Waals surface area contributed by atoms with Crippen molar-refractivity contribution < 1.29 is 22.7 Å². The summed E-state index contributed by atoms with van der Waals surface area (Å²) in [7, 11) is -1.72. The molecule has 0 aromatic rings. The highest BCUT2D eigenvalue weighted by Crippen LogP contribution is 2.11. The van der Waals surface area contributed by atoms with Crippen LogP contribution in [0.1, 0.15) is 26.2 Å². The first kappa shape index (κ1) is 26.2. The molecular weight excluding hydrogens is 513 g/mol. The largest absolute Gasteiger partial charge is 0.450 e. The molecule has 0 spiro atoms. The van der Waals surface area contributed by atoms with Crippen LogP contribution in [0.25, 0.3) is 0 Å². The molecule has 2 N–H and O–H groups in total. The number of carbonyl (C=O) groups is 1. The Bertz CT molecular complexity index is 620. The monoisotopic (exact) mass is 547 g/mol. The number of nitrogens with one attached hydrogen (secondary N) is 2. The van der Waals surface area contributed by atoms with Crippen LogP contribution in [-0.2, 0) is 19.5 Å². The summed E-state index contributed by atoms with van der Waals surface area (Å²) in [4.78, 5) is 19.6. The van der Waals surface area contributed by atoms with Crippen molar-refractivity contribution in [2.45, 2.75) is 32.3 Å². The summed E-state index contributed by atoms with van der Waals surface area (Å²) in [6.07, 6.45) is 2.68. The summed E-state index contributed by atoms with van der Waals surface area (Å²) < 4.78 is 37.5. The number of rotatable bonds is 7. The van der Waals surface area contributed by atoms with Crippen LogP contribution < -0.4 is 10.0 Å². The average molecular weight is 547 g/mol. The third kappa shape index (κ3) is 9.22. The van der Waals surface area contributed by atoms with Crippen molar-refractivity contribution in [2.24, 2.45) is 4.99 Å². The van der Waals surface area contributed by atoms with Gasteiger partial charge in [0.05, 0.1) is 18.5 Å². The van der Waals surface area contributed by atoms with Gasteiger partial charge in [-0.3, -0.25) is 4.99 Å². The number of amides is 1. The molecule has 0 aromatic carbocycles. The van der Waals surface area contributed by atoms with E-state index >= 15 is 0 Å². The number of aliphatic imine (C=N–C) groups is 1. The quantitative estimate of drug-likeness (QED) is 0.270. The van der Waals surface area contributed by atoms with Gasteiger partial charge in [-0.1, -0.05) is 0 Å². The fraction of sp³-hybridized carbons (Fsp3) is 0.882. The number of ether oxygens (including phenoxy) is 2. The normalized spacial score (nSPS) is 20.8. The van der Waals surface area contributed by atoms with Gasteiger partial charge in [0.1, 0.15) is 0 Å². The first-order chi connectivity index (χ1) is 13.4. The molecule has 29 heavy (non-hydrogen) atoms. The predicted molar refractivity (Wildman–Crippen MR) is 122 cm³/mol. The molecule has 2 aliphatic rings. The van der Waals surface area contributed by atoms with Gasteiger partial charge in [-0.05, 0) is 26.2 Å². The lowest BCUT2D eigenvalue weighted by Gasteiger charge is -2.35. The second-order valence-corrected chi connectivity index (χ2v) is 8.73. The lowest BCUT2D eigenvalue weighted by atomic mass is 10.1. The number of guanidine groups is 1. The highest BCUT2D eigenvalue weighted by molar-refractivity contribution is 14.0. The summed E-state index contributed by atoms with van der Waals surface area (Å²) in [5.74, 6) is 0.593. The van der Waals surface area contributed by atoms with Crippen LogP contribution in [0.15, 0.2) is 4.99 Å². The van der Waals surface area contributed by atoms with Crippen LogP contribution in [0.2, 0.25) is 0 Å². The van der Waals surface area contributed by atoms with E-state index in [0.29, 0.717) is 51.9 Å². The van der Waals surface area contributed by atoms with Crippen molar-refractivity contribution in [3.63, 3.8) is 0 Å². The van der Waals surface area contributed by atoms with Gasteiger partial charge >= 0.3 is 6.09 Å². The van der Waals surface area contributed by atoms with Gasteiger partial charge in [0.15, 0.2) is 5.96 Å². The van der Waals surface area contributed by atoms with Crippen LogP contribution in [0, 0.1) is 0 Å². The van der Waals surface area contributed by atoms with Crippen molar-refractivity contribution >= 4 is 46.1 Å². The number of carbonyl (C=O) groups excluding carboxylic acids is 1. The van der Waals surface area contributed by atoms with E-state index in [1.54, 1.807) is 18.9 Å². The van der Waals surface area contributed by atoms with E-state index in [2.05, 4.69) is 15.0 Å². The minimum Gasteiger partial charge on any atom is -0.450 e. The maximum absolute atomic E-state index is 12.2. The summed E-state index contributed by atoms with van der Waals surface area (Å²) in [5, 5.41) is 3.09. The zero-order valence-corrected chi connectivity index (χ0v) is 20.4. The molecule has 1 amide bonds.